The smallest absolute Gasteiger partial charge is 0.306 e. The number of hydrogen-bond donors (Lipinski definition) is 1. The van der Waals surface area contributed by atoms with Crippen LogP contribution in [-0.4, -0.2) is 34.1 Å². The third kappa shape index (κ3) is 2.52. The minimum absolute atomic E-state index is 0.0357. The molecule has 1 aliphatic rings. The van der Waals surface area contributed by atoms with Gasteiger partial charge in [-0.3, -0.25) is 4.57 Å². The number of rotatable bonds is 3. The van der Waals surface area contributed by atoms with Gasteiger partial charge in [0.2, 0.25) is 0 Å². The number of likely N-dealkylation sites (tertiary alicyclic amines) is 1. The van der Waals surface area contributed by atoms with Crippen LogP contribution in [0.15, 0.2) is 29.1 Å². The molecule has 4 heteroatoms. The number of hydrogen-bond acceptors (Lipinski definition) is 2. The van der Waals surface area contributed by atoms with E-state index in [4.69, 9.17) is 0 Å². The number of nitrogens with zero attached hydrogens (tertiary/aromatic N) is 2. The molecular formula is C16H23N3O. The Morgan fingerprint density at radius 3 is 2.65 bits per heavy atom. The van der Waals surface area contributed by atoms with Gasteiger partial charge in [-0.1, -0.05) is 26.0 Å². The fourth-order valence-electron chi connectivity index (χ4n) is 3.31. The van der Waals surface area contributed by atoms with Crippen molar-refractivity contribution in [1.29, 1.82) is 0 Å². The molecule has 0 amide bonds. The number of fused-ring (bicyclic) bond motifs is 1. The van der Waals surface area contributed by atoms with Crippen molar-refractivity contribution in [3.63, 3.8) is 0 Å². The van der Waals surface area contributed by atoms with E-state index in [1.807, 2.05) is 28.8 Å². The van der Waals surface area contributed by atoms with Crippen LogP contribution >= 0.6 is 0 Å². The average molecular weight is 273 g/mol. The van der Waals surface area contributed by atoms with Crippen molar-refractivity contribution in [2.75, 3.05) is 19.6 Å². The molecule has 2 heterocycles. The van der Waals surface area contributed by atoms with E-state index in [1.54, 1.807) is 0 Å². The fraction of sp³-hybridized carbons (Fsp3) is 0.562. The van der Waals surface area contributed by atoms with E-state index in [2.05, 4.69) is 23.7 Å². The summed E-state index contributed by atoms with van der Waals surface area (Å²) in [6.45, 7) is 7.87. The van der Waals surface area contributed by atoms with Crippen LogP contribution in [-0.2, 0) is 0 Å². The number of H-pyrrole nitrogens is 1. The van der Waals surface area contributed by atoms with Crippen molar-refractivity contribution in [3.8, 4) is 0 Å². The first-order valence-electron chi connectivity index (χ1n) is 7.57. The molecule has 2 aromatic rings. The van der Waals surface area contributed by atoms with Gasteiger partial charge < -0.3 is 9.88 Å². The highest BCUT2D eigenvalue weighted by Gasteiger charge is 2.23. The summed E-state index contributed by atoms with van der Waals surface area (Å²) in [5, 5.41) is 0. The van der Waals surface area contributed by atoms with Crippen molar-refractivity contribution in [1.82, 2.24) is 14.5 Å². The molecule has 0 saturated carbocycles. The summed E-state index contributed by atoms with van der Waals surface area (Å²) in [4.78, 5) is 17.7. The molecule has 1 N–H and O–H groups in total. The molecule has 0 aliphatic carbocycles. The molecule has 1 fully saturated rings. The van der Waals surface area contributed by atoms with Gasteiger partial charge in [-0.05, 0) is 30.9 Å². The first-order valence-corrected chi connectivity index (χ1v) is 7.57. The summed E-state index contributed by atoms with van der Waals surface area (Å²) < 4.78 is 1.96. The molecule has 3 rings (SSSR count). The second-order valence-electron chi connectivity index (χ2n) is 6.24. The van der Waals surface area contributed by atoms with Crippen LogP contribution in [0.5, 0.6) is 0 Å². The third-order valence-corrected chi connectivity index (χ3v) is 4.17. The maximum absolute atomic E-state index is 12.2. The zero-order valence-electron chi connectivity index (χ0n) is 12.3. The summed E-state index contributed by atoms with van der Waals surface area (Å²) in [6, 6.07) is 8.31. The van der Waals surface area contributed by atoms with Gasteiger partial charge in [0.05, 0.1) is 11.0 Å². The van der Waals surface area contributed by atoms with Crippen molar-refractivity contribution in [2.24, 2.45) is 5.92 Å². The highest BCUT2D eigenvalue weighted by atomic mass is 16.1. The zero-order valence-corrected chi connectivity index (χ0v) is 12.3. The molecule has 0 atom stereocenters. The van der Waals surface area contributed by atoms with Gasteiger partial charge in [-0.15, -0.1) is 0 Å². The number of imidazole rings is 1. The van der Waals surface area contributed by atoms with Gasteiger partial charge in [-0.25, -0.2) is 4.79 Å². The minimum Gasteiger partial charge on any atom is -0.306 e. The largest absolute Gasteiger partial charge is 0.326 e. The molecule has 108 valence electrons. The van der Waals surface area contributed by atoms with Crippen LogP contribution in [0, 0.1) is 5.92 Å². The van der Waals surface area contributed by atoms with Crippen molar-refractivity contribution in [3.05, 3.63) is 34.7 Å². The average Bonchev–Trinajstić information content (AvgIpc) is 2.75. The van der Waals surface area contributed by atoms with E-state index >= 15 is 0 Å². The van der Waals surface area contributed by atoms with Crippen LogP contribution in [0.3, 0.4) is 0 Å². The van der Waals surface area contributed by atoms with Crippen molar-refractivity contribution in [2.45, 2.75) is 32.7 Å². The Balaban J connectivity index is 1.80. The van der Waals surface area contributed by atoms with E-state index in [-0.39, 0.29) is 5.69 Å². The Morgan fingerprint density at radius 1 is 1.25 bits per heavy atom. The quantitative estimate of drug-likeness (QED) is 0.934. The molecule has 0 radical (unpaired) electrons. The topological polar surface area (TPSA) is 41.0 Å². The molecule has 1 saturated heterocycles. The maximum atomic E-state index is 12.2. The lowest BCUT2D eigenvalue weighted by atomic mass is 10.0. The first-order chi connectivity index (χ1) is 9.65. The second-order valence-corrected chi connectivity index (χ2v) is 6.24. The molecule has 1 aliphatic heterocycles. The van der Waals surface area contributed by atoms with Crippen LogP contribution in [0.25, 0.3) is 11.0 Å². The van der Waals surface area contributed by atoms with Crippen LogP contribution in [0.1, 0.15) is 32.7 Å². The lowest BCUT2D eigenvalue weighted by molar-refractivity contribution is 0.170. The van der Waals surface area contributed by atoms with E-state index < -0.39 is 0 Å². The molecule has 0 bridgehead atoms. The predicted octanol–water partition coefficient (Wildman–Crippen LogP) is 2.62. The fourth-order valence-corrected chi connectivity index (χ4v) is 3.31. The Bertz CT molecular complexity index is 632. The standard InChI is InChI=1S/C16H23N3O/c1-12(2)11-18-9-7-13(8-10-18)19-15-6-4-3-5-14(15)17-16(19)20/h3-6,12-13H,7-11H2,1-2H3,(H,17,20). The lowest BCUT2D eigenvalue weighted by Crippen LogP contribution is -2.38. The number of benzene rings is 1. The molecule has 1 aromatic carbocycles. The molecule has 0 spiro atoms. The number of para-hydroxylation sites is 2. The number of piperidine rings is 1. The Labute approximate surface area is 119 Å². The van der Waals surface area contributed by atoms with E-state index in [1.165, 1.54) is 0 Å². The SMILES string of the molecule is CC(C)CN1CCC(n2c(=O)[nH]c3ccccc32)CC1. The second kappa shape index (κ2) is 5.44. The monoisotopic (exact) mass is 273 g/mol. The number of aromatic nitrogens is 2. The Morgan fingerprint density at radius 2 is 1.95 bits per heavy atom. The van der Waals surface area contributed by atoms with E-state index in [0.29, 0.717) is 12.0 Å². The first kappa shape index (κ1) is 13.4. The van der Waals surface area contributed by atoms with Gasteiger partial charge in [0.25, 0.3) is 0 Å². The molecule has 4 nitrogen and oxygen atoms in total. The number of nitrogens with one attached hydrogen (secondary N) is 1. The normalized spacial score (nSPS) is 18.1. The van der Waals surface area contributed by atoms with Gasteiger partial charge in [0.1, 0.15) is 0 Å². The Hall–Kier alpha value is -1.55. The third-order valence-electron chi connectivity index (χ3n) is 4.17. The van der Waals surface area contributed by atoms with Gasteiger partial charge in [-0.2, -0.15) is 0 Å². The molecule has 0 unspecified atom stereocenters. The Kier molecular flexibility index (Phi) is 3.66. The van der Waals surface area contributed by atoms with Gasteiger partial charge in [0, 0.05) is 25.7 Å². The minimum atomic E-state index is 0.0357. The molecule has 1 aromatic heterocycles. The van der Waals surface area contributed by atoms with Gasteiger partial charge >= 0.3 is 5.69 Å². The molecule has 20 heavy (non-hydrogen) atoms. The van der Waals surface area contributed by atoms with Crippen LogP contribution < -0.4 is 5.69 Å². The van der Waals surface area contributed by atoms with Crippen LogP contribution in [0.2, 0.25) is 0 Å². The van der Waals surface area contributed by atoms with Crippen molar-refractivity contribution >= 4 is 11.0 Å². The summed E-state index contributed by atoms with van der Waals surface area (Å²) in [5.41, 5.74) is 2.02. The highest BCUT2D eigenvalue weighted by Crippen LogP contribution is 2.25. The lowest BCUT2D eigenvalue weighted by Gasteiger charge is -2.33. The zero-order chi connectivity index (χ0) is 14.1. The van der Waals surface area contributed by atoms with E-state index in [9.17, 15) is 4.79 Å². The summed E-state index contributed by atoms with van der Waals surface area (Å²) >= 11 is 0. The van der Waals surface area contributed by atoms with Crippen molar-refractivity contribution < 1.29 is 0 Å². The van der Waals surface area contributed by atoms with Crippen LogP contribution in [0.4, 0.5) is 0 Å². The number of aromatic amines is 1. The highest BCUT2D eigenvalue weighted by molar-refractivity contribution is 5.75. The summed E-state index contributed by atoms with van der Waals surface area (Å²) in [6.07, 6.45) is 2.13. The predicted molar refractivity (Wildman–Crippen MR) is 82.1 cm³/mol. The van der Waals surface area contributed by atoms with E-state index in [0.717, 1.165) is 43.5 Å². The molecular weight excluding hydrogens is 250 g/mol. The maximum Gasteiger partial charge on any atom is 0.326 e. The summed E-state index contributed by atoms with van der Waals surface area (Å²) in [5.74, 6) is 0.711. The van der Waals surface area contributed by atoms with Gasteiger partial charge in [0.15, 0.2) is 0 Å². The summed E-state index contributed by atoms with van der Waals surface area (Å²) in [7, 11) is 0.